The molecular weight excluding hydrogens is 659 g/mol. The summed E-state index contributed by atoms with van der Waals surface area (Å²) in [6, 6.07) is 61.0. The van der Waals surface area contributed by atoms with Crippen LogP contribution in [0.2, 0.25) is 0 Å². The van der Waals surface area contributed by atoms with Crippen molar-refractivity contribution in [3.05, 3.63) is 176 Å². The van der Waals surface area contributed by atoms with Crippen LogP contribution >= 0.6 is 0 Å². The van der Waals surface area contributed by atoms with Gasteiger partial charge in [0, 0.05) is 21.7 Å². The molecule has 0 spiro atoms. The van der Waals surface area contributed by atoms with Crippen LogP contribution in [-0.4, -0.2) is 24.9 Å². The van der Waals surface area contributed by atoms with Gasteiger partial charge < -0.3 is 0 Å². The highest BCUT2D eigenvalue weighted by Gasteiger charge is 2.15. The van der Waals surface area contributed by atoms with Crippen molar-refractivity contribution < 1.29 is 0 Å². The van der Waals surface area contributed by atoms with Gasteiger partial charge in [-0.15, -0.1) is 0 Å². The zero-order valence-corrected chi connectivity index (χ0v) is 29.0. The Labute approximate surface area is 310 Å². The summed E-state index contributed by atoms with van der Waals surface area (Å²) in [6.45, 7) is 0. The minimum atomic E-state index is 0.751. The molecule has 5 aromatic heterocycles. The minimum Gasteiger partial charge on any atom is -0.246 e. The molecule has 0 fully saturated rings. The Balaban J connectivity index is 1.07. The number of benzene rings is 6. The monoisotopic (exact) mass is 687 g/mol. The topological polar surface area (TPSA) is 64.5 Å². The van der Waals surface area contributed by atoms with Crippen molar-refractivity contribution in [1.82, 2.24) is 24.9 Å². The van der Waals surface area contributed by atoms with Crippen molar-refractivity contribution >= 4 is 65.0 Å². The zero-order chi connectivity index (χ0) is 35.6. The Hall–Kier alpha value is -7.37. The number of aromatic nitrogens is 5. The second-order valence-electron chi connectivity index (χ2n) is 13.8. The Bertz CT molecular complexity index is 3160. The van der Waals surface area contributed by atoms with Gasteiger partial charge in [-0.25, -0.2) is 24.9 Å². The fourth-order valence-corrected chi connectivity index (χ4v) is 7.54. The molecule has 5 heteroatoms. The number of pyridine rings is 5. The Morgan fingerprint density at radius 3 is 0.963 bits per heavy atom. The molecule has 0 saturated heterocycles. The van der Waals surface area contributed by atoms with Crippen LogP contribution in [0.4, 0.5) is 0 Å². The summed E-state index contributed by atoms with van der Waals surface area (Å²) in [7, 11) is 0. The molecule has 6 aromatic carbocycles. The quantitative estimate of drug-likeness (QED) is 0.172. The van der Waals surface area contributed by atoms with Gasteiger partial charge in [0.2, 0.25) is 0 Å². The van der Waals surface area contributed by atoms with Crippen molar-refractivity contribution in [3.63, 3.8) is 0 Å². The summed E-state index contributed by atoms with van der Waals surface area (Å²) in [5, 5.41) is 10.3. The van der Waals surface area contributed by atoms with E-state index in [1.807, 2.05) is 18.2 Å². The fraction of sp³-hybridized carbons (Fsp3) is 0. The fourth-order valence-electron chi connectivity index (χ4n) is 7.54. The average molecular weight is 688 g/mol. The van der Waals surface area contributed by atoms with Crippen LogP contribution < -0.4 is 0 Å². The zero-order valence-electron chi connectivity index (χ0n) is 29.0. The molecule has 0 aliphatic carbocycles. The van der Waals surface area contributed by atoms with Crippen LogP contribution in [0.25, 0.3) is 110 Å². The highest BCUT2D eigenvalue weighted by atomic mass is 14.8. The van der Waals surface area contributed by atoms with E-state index in [1.165, 1.54) is 21.5 Å². The number of hydrogen-bond donors (Lipinski definition) is 0. The molecule has 0 N–H and O–H groups in total. The number of hydrogen-bond acceptors (Lipinski definition) is 5. The number of nitrogens with zero attached hydrogens (tertiary/aromatic N) is 5. The lowest BCUT2D eigenvalue weighted by atomic mass is 10.0. The molecule has 0 aliphatic rings. The van der Waals surface area contributed by atoms with Gasteiger partial charge in [0.25, 0.3) is 0 Å². The molecule has 11 aromatic rings. The molecular formula is C49H29N5. The summed E-state index contributed by atoms with van der Waals surface area (Å²) < 4.78 is 0. The predicted molar refractivity (Wildman–Crippen MR) is 222 cm³/mol. The van der Waals surface area contributed by atoms with Gasteiger partial charge in [-0.05, 0) is 111 Å². The lowest BCUT2D eigenvalue weighted by molar-refractivity contribution is 1.23. The maximum Gasteiger partial charge on any atom is 0.0901 e. The third-order valence-corrected chi connectivity index (χ3v) is 10.3. The molecule has 5 nitrogen and oxygen atoms in total. The molecule has 0 unspecified atom stereocenters. The van der Waals surface area contributed by atoms with Crippen LogP contribution in [-0.2, 0) is 0 Å². The van der Waals surface area contributed by atoms with Crippen LogP contribution in [0.3, 0.4) is 0 Å². The van der Waals surface area contributed by atoms with Gasteiger partial charge in [0.15, 0.2) is 0 Å². The summed E-state index contributed by atoms with van der Waals surface area (Å²) in [4.78, 5) is 25.8. The van der Waals surface area contributed by atoms with Crippen molar-refractivity contribution in [3.8, 4) is 45.4 Å². The van der Waals surface area contributed by atoms with Crippen LogP contribution in [0.1, 0.15) is 0 Å². The standard InChI is InChI=1S/C49H29N5/c1-4-11-33-25-45-36(22-30(33)8-1)16-19-42(51-45)41-15-7-14-40(50-41)39-28-48(43-20-17-37-23-31-9-2-5-12-34(31)26-46(37)52-43)54-49(29-39)44-21-18-38-24-32-10-3-6-13-35(32)27-47(38)53-44/h1-29H. The average Bonchev–Trinajstić information content (AvgIpc) is 3.23. The lowest BCUT2D eigenvalue weighted by Crippen LogP contribution is -1.97. The van der Waals surface area contributed by atoms with Crippen molar-refractivity contribution in [2.45, 2.75) is 0 Å². The van der Waals surface area contributed by atoms with E-state index in [-0.39, 0.29) is 0 Å². The van der Waals surface area contributed by atoms with Gasteiger partial charge in [-0.3, -0.25) is 0 Å². The largest absolute Gasteiger partial charge is 0.246 e. The van der Waals surface area contributed by atoms with E-state index in [0.29, 0.717) is 0 Å². The first kappa shape index (κ1) is 30.3. The first-order valence-electron chi connectivity index (χ1n) is 18.1. The van der Waals surface area contributed by atoms with E-state index in [1.54, 1.807) is 0 Å². The third kappa shape index (κ3) is 5.30. The second-order valence-corrected chi connectivity index (χ2v) is 13.8. The Morgan fingerprint density at radius 1 is 0.204 bits per heavy atom. The third-order valence-electron chi connectivity index (χ3n) is 10.3. The number of fused-ring (bicyclic) bond motifs is 6. The maximum atomic E-state index is 5.21. The molecule has 0 radical (unpaired) electrons. The first-order valence-corrected chi connectivity index (χ1v) is 18.1. The van der Waals surface area contributed by atoms with Crippen molar-refractivity contribution in [1.29, 1.82) is 0 Å². The lowest BCUT2D eigenvalue weighted by Gasteiger charge is -2.12. The van der Waals surface area contributed by atoms with Crippen LogP contribution in [0.5, 0.6) is 0 Å². The van der Waals surface area contributed by atoms with Crippen LogP contribution in [0, 0.1) is 0 Å². The van der Waals surface area contributed by atoms with E-state index in [4.69, 9.17) is 24.9 Å². The van der Waals surface area contributed by atoms with Gasteiger partial charge >= 0.3 is 0 Å². The molecule has 250 valence electrons. The van der Waals surface area contributed by atoms with Crippen molar-refractivity contribution in [2.75, 3.05) is 0 Å². The van der Waals surface area contributed by atoms with E-state index < -0.39 is 0 Å². The van der Waals surface area contributed by atoms with E-state index in [2.05, 4.69) is 158 Å². The first-order chi connectivity index (χ1) is 26.7. The molecule has 0 bridgehead atoms. The van der Waals surface area contributed by atoms with E-state index >= 15 is 0 Å². The van der Waals surface area contributed by atoms with E-state index in [9.17, 15) is 0 Å². The van der Waals surface area contributed by atoms with Gasteiger partial charge in [0.1, 0.15) is 0 Å². The van der Waals surface area contributed by atoms with Gasteiger partial charge in [0.05, 0.1) is 56.4 Å². The molecule has 0 saturated carbocycles. The van der Waals surface area contributed by atoms with E-state index in [0.717, 1.165) is 88.9 Å². The van der Waals surface area contributed by atoms with Gasteiger partial charge in [-0.1, -0.05) is 97.1 Å². The normalized spacial score (nSPS) is 11.7. The highest BCUT2D eigenvalue weighted by Crippen LogP contribution is 2.33. The summed E-state index contributed by atoms with van der Waals surface area (Å²) in [5.74, 6) is 0. The molecule has 5 heterocycles. The SMILES string of the molecule is c1cc(-c2cc(-c3ccc4cc5ccccc5cc4n3)nc(-c3ccc4cc5ccccc5cc4n3)c2)nc(-c2ccc3cc4ccccc4cc3n2)c1. The molecule has 0 atom stereocenters. The van der Waals surface area contributed by atoms with Crippen LogP contribution in [0.15, 0.2) is 176 Å². The Morgan fingerprint density at radius 2 is 0.537 bits per heavy atom. The summed E-state index contributed by atoms with van der Waals surface area (Å²) in [5.41, 5.74) is 9.21. The van der Waals surface area contributed by atoms with Crippen molar-refractivity contribution in [2.24, 2.45) is 0 Å². The second kappa shape index (κ2) is 12.1. The molecule has 11 rings (SSSR count). The Kier molecular flexibility index (Phi) is 6.79. The molecule has 0 amide bonds. The minimum absolute atomic E-state index is 0.751. The molecule has 0 aliphatic heterocycles. The summed E-state index contributed by atoms with van der Waals surface area (Å²) in [6.07, 6.45) is 0. The number of rotatable bonds is 4. The smallest absolute Gasteiger partial charge is 0.0901 e. The maximum absolute atomic E-state index is 5.21. The molecule has 54 heavy (non-hydrogen) atoms. The highest BCUT2D eigenvalue weighted by molar-refractivity contribution is 5.99. The van der Waals surface area contributed by atoms with Gasteiger partial charge in [-0.2, -0.15) is 0 Å². The summed E-state index contributed by atoms with van der Waals surface area (Å²) >= 11 is 0. The predicted octanol–water partition coefficient (Wildman–Crippen LogP) is 12.2.